The van der Waals surface area contributed by atoms with E-state index in [1.807, 2.05) is 47.4 Å². The normalized spacial score (nSPS) is 21.7. The molecule has 0 radical (unpaired) electrons. The topological polar surface area (TPSA) is 46.6 Å². The molecule has 1 heterocycles. The number of methoxy groups -OCH3 is 1. The van der Waals surface area contributed by atoms with E-state index in [2.05, 4.69) is 0 Å². The Labute approximate surface area is 153 Å². The molecule has 1 fully saturated rings. The van der Waals surface area contributed by atoms with E-state index in [4.69, 9.17) is 4.74 Å². The second-order valence-corrected chi connectivity index (χ2v) is 7.17. The lowest BCUT2D eigenvalue weighted by Crippen LogP contribution is -2.44. The van der Waals surface area contributed by atoms with Crippen molar-refractivity contribution in [3.63, 3.8) is 0 Å². The summed E-state index contributed by atoms with van der Waals surface area (Å²) in [6.45, 7) is 0.563. The summed E-state index contributed by atoms with van der Waals surface area (Å²) in [5.74, 6) is 0.124. The summed E-state index contributed by atoms with van der Waals surface area (Å²) in [6.07, 6.45) is 4.16. The first-order valence-electron chi connectivity index (χ1n) is 9.26. The molecule has 134 valence electrons. The van der Waals surface area contributed by atoms with Gasteiger partial charge in [-0.05, 0) is 48.1 Å². The fourth-order valence-corrected chi connectivity index (χ4v) is 4.39. The van der Waals surface area contributed by atoms with Crippen LogP contribution in [-0.4, -0.2) is 19.0 Å². The molecule has 0 bridgehead atoms. The minimum Gasteiger partial charge on any atom is -0.465 e. The number of amides is 1. The SMILES string of the molecule is COC(=O)c1ccc2c(c1)[C@H]1CCCC[C@H]1C(=O)N2Cc1ccccc1. The molecule has 4 rings (SSSR count). The number of esters is 1. The third-order valence-corrected chi connectivity index (χ3v) is 5.67. The van der Waals surface area contributed by atoms with Gasteiger partial charge in [0.05, 0.1) is 19.2 Å². The van der Waals surface area contributed by atoms with Crippen LogP contribution in [0.5, 0.6) is 0 Å². The number of fused-ring (bicyclic) bond motifs is 3. The lowest BCUT2D eigenvalue weighted by atomic mass is 9.71. The molecular formula is C22H23NO3. The van der Waals surface area contributed by atoms with Crippen LogP contribution in [0.1, 0.15) is 53.1 Å². The van der Waals surface area contributed by atoms with Gasteiger partial charge >= 0.3 is 5.97 Å². The van der Waals surface area contributed by atoms with Crippen molar-refractivity contribution in [2.45, 2.75) is 38.1 Å². The Morgan fingerprint density at radius 3 is 2.54 bits per heavy atom. The van der Waals surface area contributed by atoms with Crippen LogP contribution in [0.3, 0.4) is 0 Å². The molecule has 2 aromatic carbocycles. The number of benzene rings is 2. The fraction of sp³-hybridized carbons (Fsp3) is 0.364. The lowest BCUT2D eigenvalue weighted by molar-refractivity contribution is -0.124. The number of hydrogen-bond acceptors (Lipinski definition) is 3. The molecule has 2 atom stereocenters. The predicted octanol–water partition coefficient (Wildman–Crippen LogP) is 4.29. The van der Waals surface area contributed by atoms with Crippen LogP contribution in [0.2, 0.25) is 0 Å². The number of nitrogens with zero attached hydrogens (tertiary/aromatic N) is 1. The quantitative estimate of drug-likeness (QED) is 0.777. The van der Waals surface area contributed by atoms with Crippen LogP contribution in [0.15, 0.2) is 48.5 Å². The van der Waals surface area contributed by atoms with Crippen LogP contribution in [0.25, 0.3) is 0 Å². The second-order valence-electron chi connectivity index (χ2n) is 7.17. The van der Waals surface area contributed by atoms with E-state index in [9.17, 15) is 9.59 Å². The van der Waals surface area contributed by atoms with E-state index in [1.54, 1.807) is 6.07 Å². The smallest absolute Gasteiger partial charge is 0.337 e. The third kappa shape index (κ3) is 2.90. The van der Waals surface area contributed by atoms with Gasteiger partial charge in [-0.25, -0.2) is 4.79 Å². The molecule has 2 aromatic rings. The monoisotopic (exact) mass is 349 g/mol. The number of anilines is 1. The molecule has 1 aliphatic carbocycles. The summed E-state index contributed by atoms with van der Waals surface area (Å²) in [7, 11) is 1.40. The first kappa shape index (κ1) is 16.8. The summed E-state index contributed by atoms with van der Waals surface area (Å²) < 4.78 is 4.89. The minimum atomic E-state index is -0.327. The van der Waals surface area contributed by atoms with Crippen molar-refractivity contribution in [3.05, 3.63) is 65.2 Å². The second kappa shape index (κ2) is 6.94. The molecule has 0 unspecified atom stereocenters. The van der Waals surface area contributed by atoms with Crippen molar-refractivity contribution in [3.8, 4) is 0 Å². The predicted molar refractivity (Wildman–Crippen MR) is 100 cm³/mol. The number of rotatable bonds is 3. The van der Waals surface area contributed by atoms with Crippen molar-refractivity contribution < 1.29 is 14.3 Å². The van der Waals surface area contributed by atoms with Gasteiger partial charge in [0.2, 0.25) is 5.91 Å². The maximum atomic E-state index is 13.2. The summed E-state index contributed by atoms with van der Waals surface area (Å²) in [5, 5.41) is 0. The van der Waals surface area contributed by atoms with E-state index in [0.717, 1.165) is 42.5 Å². The summed E-state index contributed by atoms with van der Waals surface area (Å²) in [6, 6.07) is 15.7. The van der Waals surface area contributed by atoms with E-state index < -0.39 is 0 Å². The third-order valence-electron chi connectivity index (χ3n) is 5.67. The molecule has 1 saturated carbocycles. The summed E-state index contributed by atoms with van der Waals surface area (Å²) in [4.78, 5) is 27.1. The first-order chi connectivity index (χ1) is 12.7. The molecule has 0 aromatic heterocycles. The largest absolute Gasteiger partial charge is 0.465 e. The maximum Gasteiger partial charge on any atom is 0.337 e. The molecule has 2 aliphatic rings. The average molecular weight is 349 g/mol. The molecular weight excluding hydrogens is 326 g/mol. The van der Waals surface area contributed by atoms with Gasteiger partial charge in [-0.15, -0.1) is 0 Å². The number of ether oxygens (including phenoxy) is 1. The summed E-state index contributed by atoms with van der Waals surface area (Å²) in [5.41, 5.74) is 3.73. The van der Waals surface area contributed by atoms with Crippen molar-refractivity contribution in [1.29, 1.82) is 0 Å². The Morgan fingerprint density at radius 2 is 1.81 bits per heavy atom. The van der Waals surface area contributed by atoms with Gasteiger partial charge in [0.15, 0.2) is 0 Å². The van der Waals surface area contributed by atoms with Crippen LogP contribution in [0, 0.1) is 5.92 Å². The minimum absolute atomic E-state index is 0.0212. The highest BCUT2D eigenvalue weighted by atomic mass is 16.5. The Kier molecular flexibility index (Phi) is 4.49. The maximum absolute atomic E-state index is 13.2. The van der Waals surface area contributed by atoms with E-state index in [-0.39, 0.29) is 23.7 Å². The zero-order valence-corrected chi connectivity index (χ0v) is 15.0. The van der Waals surface area contributed by atoms with Crippen LogP contribution in [0.4, 0.5) is 5.69 Å². The van der Waals surface area contributed by atoms with Crippen LogP contribution < -0.4 is 4.90 Å². The van der Waals surface area contributed by atoms with Crippen molar-refractivity contribution in [1.82, 2.24) is 0 Å². The first-order valence-corrected chi connectivity index (χ1v) is 9.26. The summed E-state index contributed by atoms with van der Waals surface area (Å²) >= 11 is 0. The number of carbonyl (C=O) groups excluding carboxylic acids is 2. The number of hydrogen-bond donors (Lipinski definition) is 0. The lowest BCUT2D eigenvalue weighted by Gasteiger charge is -2.42. The van der Waals surface area contributed by atoms with Crippen molar-refractivity contribution >= 4 is 17.6 Å². The zero-order chi connectivity index (χ0) is 18.1. The molecule has 0 spiro atoms. The Hall–Kier alpha value is -2.62. The van der Waals surface area contributed by atoms with Gasteiger partial charge in [-0.3, -0.25) is 4.79 Å². The van der Waals surface area contributed by atoms with Gasteiger partial charge in [0.1, 0.15) is 0 Å². The average Bonchev–Trinajstić information content (AvgIpc) is 2.71. The highest BCUT2D eigenvalue weighted by molar-refractivity contribution is 6.00. The molecule has 0 saturated heterocycles. The fourth-order valence-electron chi connectivity index (χ4n) is 4.39. The standard InChI is InChI=1S/C22H23NO3/c1-26-22(25)16-11-12-20-19(13-16)17-9-5-6-10-18(17)21(24)23(20)14-15-7-3-2-4-8-15/h2-4,7-8,11-13,17-18H,5-6,9-10,14H2,1H3/t17-,18+/m0/s1. The van der Waals surface area contributed by atoms with Crippen LogP contribution >= 0.6 is 0 Å². The highest BCUT2D eigenvalue weighted by Crippen LogP contribution is 2.47. The molecule has 4 nitrogen and oxygen atoms in total. The Balaban J connectivity index is 1.78. The molecule has 1 amide bonds. The molecule has 0 N–H and O–H groups in total. The molecule has 1 aliphatic heterocycles. The van der Waals surface area contributed by atoms with Crippen molar-refractivity contribution in [2.75, 3.05) is 12.0 Å². The highest BCUT2D eigenvalue weighted by Gasteiger charge is 2.41. The van der Waals surface area contributed by atoms with Gasteiger partial charge in [0.25, 0.3) is 0 Å². The van der Waals surface area contributed by atoms with E-state index >= 15 is 0 Å². The Morgan fingerprint density at radius 1 is 1.08 bits per heavy atom. The Bertz CT molecular complexity index is 831. The zero-order valence-electron chi connectivity index (χ0n) is 15.0. The van der Waals surface area contributed by atoms with E-state index in [1.165, 1.54) is 7.11 Å². The van der Waals surface area contributed by atoms with Crippen molar-refractivity contribution in [2.24, 2.45) is 5.92 Å². The van der Waals surface area contributed by atoms with E-state index in [0.29, 0.717) is 12.1 Å². The van der Waals surface area contributed by atoms with Crippen LogP contribution in [-0.2, 0) is 16.1 Å². The van der Waals surface area contributed by atoms with Gasteiger partial charge in [-0.2, -0.15) is 0 Å². The van der Waals surface area contributed by atoms with Gasteiger partial charge in [0, 0.05) is 11.6 Å². The molecule has 26 heavy (non-hydrogen) atoms. The molecule has 4 heteroatoms. The van der Waals surface area contributed by atoms with Gasteiger partial charge in [-0.1, -0.05) is 43.2 Å². The number of carbonyl (C=O) groups is 2. The van der Waals surface area contributed by atoms with Gasteiger partial charge < -0.3 is 9.64 Å².